The molecule has 0 heterocycles. The highest BCUT2D eigenvalue weighted by Crippen LogP contribution is 2.30. The zero-order valence-electron chi connectivity index (χ0n) is 11.5. The molecule has 1 amide bonds. The van der Waals surface area contributed by atoms with Crippen LogP contribution in [0.5, 0.6) is 0 Å². The van der Waals surface area contributed by atoms with Crippen LogP contribution in [0.15, 0.2) is 0 Å². The molecule has 1 saturated carbocycles. The number of primary amides is 1. The standard InChI is InChI=1S/C8H14N2O2/c9-6(7(11)8(10)12)4-5-2-1-3-5/h5-6H,1-4,9H2,(H2,10,12)/i1D2,2D2,5D. The van der Waals surface area contributed by atoms with Gasteiger partial charge < -0.3 is 11.5 Å². The highest BCUT2D eigenvalue weighted by Gasteiger charge is 2.26. The van der Waals surface area contributed by atoms with Gasteiger partial charge in [-0.3, -0.25) is 9.59 Å². The molecule has 1 rings (SSSR count). The molecule has 68 valence electrons. The van der Waals surface area contributed by atoms with Crippen LogP contribution in [0, 0.1) is 5.89 Å². The van der Waals surface area contributed by atoms with Gasteiger partial charge in [0.05, 0.1) is 6.04 Å². The second-order valence-electron chi connectivity index (χ2n) is 2.62. The Morgan fingerprint density at radius 1 is 1.75 bits per heavy atom. The lowest BCUT2D eigenvalue weighted by atomic mass is 9.80. The van der Waals surface area contributed by atoms with Gasteiger partial charge in [-0.15, -0.1) is 0 Å². The summed E-state index contributed by atoms with van der Waals surface area (Å²) in [6.07, 6.45) is -5.33. The van der Waals surface area contributed by atoms with Crippen LogP contribution in [-0.2, 0) is 9.59 Å². The van der Waals surface area contributed by atoms with Gasteiger partial charge >= 0.3 is 0 Å². The summed E-state index contributed by atoms with van der Waals surface area (Å²) in [4.78, 5) is 21.7. The molecule has 0 saturated heterocycles. The van der Waals surface area contributed by atoms with E-state index < -0.39 is 42.8 Å². The maximum Gasteiger partial charge on any atom is 0.286 e. The van der Waals surface area contributed by atoms with Gasteiger partial charge in [0.25, 0.3) is 5.91 Å². The summed E-state index contributed by atoms with van der Waals surface area (Å²) in [6, 6.07) is -1.36. The van der Waals surface area contributed by atoms with Crippen molar-refractivity contribution in [1.82, 2.24) is 0 Å². The molecule has 2 unspecified atom stereocenters. The summed E-state index contributed by atoms with van der Waals surface area (Å²) in [5.41, 5.74) is 10.1. The fraction of sp³-hybridized carbons (Fsp3) is 0.750. The Balaban J connectivity index is 2.78. The minimum Gasteiger partial charge on any atom is -0.363 e. The minimum absolute atomic E-state index is 0.368. The van der Waals surface area contributed by atoms with Crippen LogP contribution >= 0.6 is 0 Å². The third-order valence-corrected chi connectivity index (χ3v) is 1.61. The van der Waals surface area contributed by atoms with Gasteiger partial charge in [0.1, 0.15) is 0 Å². The van der Waals surface area contributed by atoms with E-state index in [2.05, 4.69) is 0 Å². The van der Waals surface area contributed by atoms with Crippen molar-refractivity contribution < 1.29 is 16.4 Å². The summed E-state index contributed by atoms with van der Waals surface area (Å²) < 4.78 is 37.4. The van der Waals surface area contributed by atoms with E-state index in [9.17, 15) is 9.59 Å². The van der Waals surface area contributed by atoms with Crippen molar-refractivity contribution in [3.63, 3.8) is 0 Å². The molecule has 1 aliphatic rings. The number of carbonyl (C=O) groups is 2. The molecular weight excluding hydrogens is 156 g/mol. The van der Waals surface area contributed by atoms with Crippen molar-refractivity contribution in [2.75, 3.05) is 0 Å². The van der Waals surface area contributed by atoms with Gasteiger partial charge in [-0.2, -0.15) is 0 Å². The fourth-order valence-corrected chi connectivity index (χ4v) is 0.877. The number of carbonyl (C=O) groups excluding carboxylic acids is 2. The fourth-order valence-electron chi connectivity index (χ4n) is 0.877. The van der Waals surface area contributed by atoms with E-state index in [0.717, 1.165) is 0 Å². The van der Waals surface area contributed by atoms with Gasteiger partial charge in [-0.05, 0) is 12.3 Å². The SMILES string of the molecule is [2H]C1([2H])CC([2H])(CC(N)C(=O)C(N)=O)C1([2H])[2H]. The lowest BCUT2D eigenvalue weighted by molar-refractivity contribution is -0.137. The van der Waals surface area contributed by atoms with Crippen molar-refractivity contribution in [3.8, 4) is 0 Å². The van der Waals surface area contributed by atoms with E-state index in [0.29, 0.717) is 0 Å². The van der Waals surface area contributed by atoms with E-state index in [1.807, 2.05) is 0 Å². The number of nitrogens with two attached hydrogens (primary N) is 2. The van der Waals surface area contributed by atoms with Crippen LogP contribution in [0.4, 0.5) is 0 Å². The number of hydrogen-bond acceptors (Lipinski definition) is 3. The first-order valence-corrected chi connectivity index (χ1v) is 3.54. The van der Waals surface area contributed by atoms with Crippen molar-refractivity contribution in [1.29, 1.82) is 0 Å². The van der Waals surface area contributed by atoms with Crippen molar-refractivity contribution in [3.05, 3.63) is 0 Å². The lowest BCUT2D eigenvalue weighted by Gasteiger charge is -2.26. The Bertz CT molecular complexity index is 373. The van der Waals surface area contributed by atoms with Crippen LogP contribution in [0.3, 0.4) is 0 Å². The Morgan fingerprint density at radius 2 is 2.42 bits per heavy atom. The topological polar surface area (TPSA) is 86.2 Å². The molecule has 0 bridgehead atoms. The highest BCUT2D eigenvalue weighted by molar-refractivity contribution is 6.37. The number of amides is 1. The summed E-state index contributed by atoms with van der Waals surface area (Å²) in [5, 5.41) is 0. The normalized spacial score (nSPS) is 44.9. The number of hydrogen-bond donors (Lipinski definition) is 2. The van der Waals surface area contributed by atoms with E-state index in [1.54, 1.807) is 0 Å². The van der Waals surface area contributed by atoms with Crippen LogP contribution < -0.4 is 11.5 Å². The first kappa shape index (κ1) is 4.37. The van der Waals surface area contributed by atoms with Crippen LogP contribution in [0.1, 0.15) is 32.4 Å². The molecule has 0 aromatic rings. The average molecular weight is 175 g/mol. The first-order valence-electron chi connectivity index (χ1n) is 6.04. The van der Waals surface area contributed by atoms with Crippen molar-refractivity contribution in [2.45, 2.75) is 31.6 Å². The second-order valence-corrected chi connectivity index (χ2v) is 2.62. The summed E-state index contributed by atoms with van der Waals surface area (Å²) in [6.45, 7) is 0. The molecule has 4 heteroatoms. The van der Waals surface area contributed by atoms with E-state index in [-0.39, 0.29) is 6.42 Å². The molecule has 1 fully saturated rings. The molecule has 0 spiro atoms. The van der Waals surface area contributed by atoms with Gasteiger partial charge in [-0.1, -0.05) is 19.2 Å². The smallest absolute Gasteiger partial charge is 0.286 e. The average Bonchev–Trinajstić information content (AvgIpc) is 2.14. The maximum absolute atomic E-state index is 11.1. The monoisotopic (exact) mass is 175 g/mol. The third kappa shape index (κ3) is 2.04. The molecule has 0 aromatic carbocycles. The van der Waals surface area contributed by atoms with E-state index in [1.165, 1.54) is 0 Å². The van der Waals surface area contributed by atoms with E-state index >= 15 is 0 Å². The Morgan fingerprint density at radius 3 is 2.83 bits per heavy atom. The van der Waals surface area contributed by atoms with Gasteiger partial charge in [0, 0.05) is 6.85 Å². The molecule has 0 aromatic heterocycles. The lowest BCUT2D eigenvalue weighted by Crippen LogP contribution is -2.41. The highest BCUT2D eigenvalue weighted by atomic mass is 16.2. The quantitative estimate of drug-likeness (QED) is 0.568. The zero-order valence-corrected chi connectivity index (χ0v) is 6.46. The molecular formula is C8H14N2O2. The Hall–Kier alpha value is -0.900. The van der Waals surface area contributed by atoms with E-state index in [4.69, 9.17) is 18.3 Å². The minimum atomic E-state index is -2.41. The molecule has 4 N–H and O–H groups in total. The Labute approximate surface area is 78.3 Å². The third-order valence-electron chi connectivity index (χ3n) is 1.61. The Kier molecular flexibility index (Phi) is 1.34. The van der Waals surface area contributed by atoms with Gasteiger partial charge in [0.15, 0.2) is 0 Å². The predicted octanol–water partition coefficient (Wildman–Crippen LogP) is -0.442. The predicted molar refractivity (Wildman–Crippen MR) is 44.1 cm³/mol. The van der Waals surface area contributed by atoms with Gasteiger partial charge in [0.2, 0.25) is 5.78 Å². The largest absolute Gasteiger partial charge is 0.363 e. The first-order chi connectivity index (χ1) is 7.44. The van der Waals surface area contributed by atoms with Crippen molar-refractivity contribution in [2.24, 2.45) is 17.4 Å². The van der Waals surface area contributed by atoms with Crippen LogP contribution in [-0.4, -0.2) is 17.7 Å². The second kappa shape index (κ2) is 3.67. The molecule has 12 heavy (non-hydrogen) atoms. The molecule has 4 nitrogen and oxygen atoms in total. The maximum atomic E-state index is 11.1. The summed E-state index contributed by atoms with van der Waals surface area (Å²) in [5.74, 6) is -4.11. The zero-order chi connectivity index (χ0) is 13.6. The van der Waals surface area contributed by atoms with Crippen LogP contribution in [0.2, 0.25) is 0 Å². The number of rotatable bonds is 4. The van der Waals surface area contributed by atoms with Crippen molar-refractivity contribution >= 4 is 11.7 Å². The molecule has 0 radical (unpaired) electrons. The summed E-state index contributed by atoms with van der Waals surface area (Å²) in [7, 11) is 0. The van der Waals surface area contributed by atoms with Gasteiger partial charge in [-0.25, -0.2) is 0 Å². The van der Waals surface area contributed by atoms with Crippen LogP contribution in [0.25, 0.3) is 0 Å². The molecule has 1 aliphatic carbocycles. The number of Topliss-reactive ketones (excluding diaryl/α,β-unsaturated/α-hetero) is 1. The molecule has 2 atom stereocenters. The number of ketones is 1. The summed E-state index contributed by atoms with van der Waals surface area (Å²) >= 11 is 0. The molecule has 0 aliphatic heterocycles.